The zero-order chi connectivity index (χ0) is 6.95. The number of hydrogen-bond acceptors (Lipinski definition) is 2. The molecule has 0 aliphatic heterocycles. The lowest BCUT2D eigenvalue weighted by Crippen LogP contribution is -1.95. The van der Waals surface area contributed by atoms with E-state index in [9.17, 15) is 4.39 Å². The highest BCUT2D eigenvalue weighted by Gasteiger charge is 1.86. The number of methoxy groups -OCH3 is 1. The first kappa shape index (κ1) is 8.85. The van der Waals surface area contributed by atoms with Gasteiger partial charge in [-0.25, -0.2) is 4.39 Å². The van der Waals surface area contributed by atoms with E-state index in [1.54, 1.807) is 7.11 Å². The summed E-state index contributed by atoms with van der Waals surface area (Å²) in [5, 5.41) is 0. The Morgan fingerprint density at radius 2 is 1.89 bits per heavy atom. The fourth-order valence-electron chi connectivity index (χ4n) is 0.505. The van der Waals surface area contributed by atoms with Gasteiger partial charge < -0.3 is 9.47 Å². The molecule has 3 heteroatoms. The summed E-state index contributed by atoms with van der Waals surface area (Å²) in [7, 11) is 1.65. The summed E-state index contributed by atoms with van der Waals surface area (Å²) in [6.07, 6.45) is 1.81. The summed E-state index contributed by atoms with van der Waals surface area (Å²) < 4.78 is 20.5. The first-order valence-corrected chi connectivity index (χ1v) is 3.04. The minimum atomic E-state index is -0.674. The van der Waals surface area contributed by atoms with E-state index in [4.69, 9.17) is 4.74 Å². The Labute approximate surface area is 55.0 Å². The minimum Gasteiger partial charge on any atom is -0.385 e. The zero-order valence-electron chi connectivity index (χ0n) is 5.73. The zero-order valence-corrected chi connectivity index (χ0v) is 5.73. The smallest absolute Gasteiger partial charge is 0.188 e. The van der Waals surface area contributed by atoms with Crippen molar-refractivity contribution in [3.8, 4) is 0 Å². The van der Waals surface area contributed by atoms with Gasteiger partial charge in [-0.1, -0.05) is 0 Å². The molecule has 0 unspecified atom stereocenters. The van der Waals surface area contributed by atoms with E-state index in [1.165, 1.54) is 0 Å². The molecule has 2 nitrogen and oxygen atoms in total. The maximum absolute atomic E-state index is 11.2. The molecule has 56 valence electrons. The molecule has 0 fully saturated rings. The predicted octanol–water partition coefficient (Wildman–Crippen LogP) is 1.36. The number of rotatable bonds is 6. The molecule has 0 heterocycles. The van der Waals surface area contributed by atoms with E-state index in [-0.39, 0.29) is 0 Å². The van der Waals surface area contributed by atoms with Crippen molar-refractivity contribution >= 4 is 0 Å². The molecule has 0 spiro atoms. The monoisotopic (exact) mass is 136 g/mol. The van der Waals surface area contributed by atoms with E-state index >= 15 is 0 Å². The first-order chi connectivity index (χ1) is 4.41. The second-order valence-electron chi connectivity index (χ2n) is 1.72. The second kappa shape index (κ2) is 7.85. The number of halogens is 1. The van der Waals surface area contributed by atoms with Crippen LogP contribution in [-0.2, 0) is 9.47 Å². The lowest BCUT2D eigenvalue weighted by atomic mass is 10.3. The number of unbranched alkanes of at least 4 members (excludes halogenated alkanes) is 1. The van der Waals surface area contributed by atoms with Crippen LogP contribution in [0.2, 0.25) is 0 Å². The Morgan fingerprint density at radius 1 is 1.22 bits per heavy atom. The van der Waals surface area contributed by atoms with Crippen molar-refractivity contribution in [2.45, 2.75) is 12.8 Å². The molecule has 0 saturated carbocycles. The lowest BCUT2D eigenvalue weighted by Gasteiger charge is -1.97. The van der Waals surface area contributed by atoms with Gasteiger partial charge in [0, 0.05) is 20.3 Å². The standard InChI is InChI=1S/C6H13FO2/c1-8-4-2-3-5-9-6-7/h2-6H2,1H3. The maximum Gasteiger partial charge on any atom is 0.188 e. The van der Waals surface area contributed by atoms with Gasteiger partial charge in [0.1, 0.15) is 0 Å². The van der Waals surface area contributed by atoms with Crippen molar-refractivity contribution in [3.05, 3.63) is 0 Å². The molecule has 0 saturated heterocycles. The fourth-order valence-corrected chi connectivity index (χ4v) is 0.505. The molecule has 0 aliphatic carbocycles. The maximum atomic E-state index is 11.2. The van der Waals surface area contributed by atoms with Crippen LogP contribution in [0.3, 0.4) is 0 Å². The molecule has 0 rings (SSSR count). The van der Waals surface area contributed by atoms with Crippen molar-refractivity contribution in [1.29, 1.82) is 0 Å². The van der Waals surface area contributed by atoms with Gasteiger partial charge >= 0.3 is 0 Å². The number of hydrogen-bond donors (Lipinski definition) is 0. The summed E-state index contributed by atoms with van der Waals surface area (Å²) in [6.45, 7) is 0.558. The molecule has 0 atom stereocenters. The van der Waals surface area contributed by atoms with Gasteiger partial charge in [-0.3, -0.25) is 0 Å². The molecule has 0 aromatic rings. The SMILES string of the molecule is COCCCCOCF. The van der Waals surface area contributed by atoms with Crippen LogP contribution in [0, 0.1) is 0 Å². The van der Waals surface area contributed by atoms with Crippen molar-refractivity contribution in [1.82, 2.24) is 0 Å². The van der Waals surface area contributed by atoms with Crippen LogP contribution < -0.4 is 0 Å². The Kier molecular flexibility index (Phi) is 7.72. The number of ether oxygens (including phenoxy) is 2. The van der Waals surface area contributed by atoms with Crippen LogP contribution in [0.15, 0.2) is 0 Å². The van der Waals surface area contributed by atoms with E-state index in [1.807, 2.05) is 0 Å². The molecular weight excluding hydrogens is 123 g/mol. The number of alkyl halides is 1. The van der Waals surface area contributed by atoms with Crippen molar-refractivity contribution in [3.63, 3.8) is 0 Å². The van der Waals surface area contributed by atoms with Crippen LogP contribution in [0.4, 0.5) is 4.39 Å². The Balaban J connectivity index is 2.60. The Bertz CT molecular complexity index is 44.3. The second-order valence-corrected chi connectivity index (χ2v) is 1.72. The molecule has 9 heavy (non-hydrogen) atoms. The molecule has 0 aromatic heterocycles. The van der Waals surface area contributed by atoms with Crippen LogP contribution in [-0.4, -0.2) is 27.2 Å². The lowest BCUT2D eigenvalue weighted by molar-refractivity contribution is 0.0522. The predicted molar refractivity (Wildman–Crippen MR) is 33.0 cm³/mol. The highest BCUT2D eigenvalue weighted by Crippen LogP contribution is 1.89. The van der Waals surface area contributed by atoms with E-state index in [0.29, 0.717) is 6.61 Å². The third-order valence-electron chi connectivity index (χ3n) is 0.964. The van der Waals surface area contributed by atoms with Crippen LogP contribution >= 0.6 is 0 Å². The van der Waals surface area contributed by atoms with Gasteiger partial charge in [-0.2, -0.15) is 0 Å². The molecule has 0 bridgehead atoms. The summed E-state index contributed by atoms with van der Waals surface area (Å²) in [5.41, 5.74) is 0. The molecule has 0 aromatic carbocycles. The van der Waals surface area contributed by atoms with Crippen molar-refractivity contribution < 1.29 is 13.9 Å². The fraction of sp³-hybridized carbons (Fsp3) is 1.00. The Hall–Kier alpha value is -0.150. The third kappa shape index (κ3) is 7.85. The minimum absolute atomic E-state index is 0.500. The summed E-state index contributed by atoms with van der Waals surface area (Å²) >= 11 is 0. The van der Waals surface area contributed by atoms with Crippen LogP contribution in [0.25, 0.3) is 0 Å². The molecule has 0 N–H and O–H groups in total. The first-order valence-electron chi connectivity index (χ1n) is 3.04. The van der Waals surface area contributed by atoms with Gasteiger partial charge in [-0.05, 0) is 12.8 Å². The molecular formula is C6H13FO2. The average Bonchev–Trinajstić information content (AvgIpc) is 1.89. The summed E-state index contributed by atoms with van der Waals surface area (Å²) in [4.78, 5) is 0. The topological polar surface area (TPSA) is 18.5 Å². The average molecular weight is 136 g/mol. The van der Waals surface area contributed by atoms with Crippen LogP contribution in [0.5, 0.6) is 0 Å². The highest BCUT2D eigenvalue weighted by atomic mass is 19.1. The quantitative estimate of drug-likeness (QED) is 0.513. The van der Waals surface area contributed by atoms with Gasteiger partial charge in [0.05, 0.1) is 0 Å². The van der Waals surface area contributed by atoms with E-state index < -0.39 is 6.86 Å². The highest BCUT2D eigenvalue weighted by molar-refractivity contribution is 4.34. The van der Waals surface area contributed by atoms with Gasteiger partial charge in [0.25, 0.3) is 0 Å². The molecule has 0 amide bonds. The molecule has 0 aliphatic rings. The van der Waals surface area contributed by atoms with Crippen molar-refractivity contribution in [2.24, 2.45) is 0 Å². The van der Waals surface area contributed by atoms with Gasteiger partial charge in [0.15, 0.2) is 6.86 Å². The summed E-state index contributed by atoms with van der Waals surface area (Å²) in [5.74, 6) is 0. The Morgan fingerprint density at radius 3 is 2.44 bits per heavy atom. The third-order valence-corrected chi connectivity index (χ3v) is 0.964. The van der Waals surface area contributed by atoms with E-state index in [2.05, 4.69) is 4.74 Å². The molecule has 0 radical (unpaired) electrons. The van der Waals surface area contributed by atoms with Crippen LogP contribution in [0.1, 0.15) is 12.8 Å². The van der Waals surface area contributed by atoms with Gasteiger partial charge in [-0.15, -0.1) is 0 Å². The van der Waals surface area contributed by atoms with Crippen molar-refractivity contribution in [2.75, 3.05) is 27.2 Å². The normalized spacial score (nSPS) is 10.0. The van der Waals surface area contributed by atoms with Gasteiger partial charge in [0.2, 0.25) is 0 Å². The summed E-state index contributed by atoms with van der Waals surface area (Å²) in [6, 6.07) is 0. The largest absolute Gasteiger partial charge is 0.385 e. The van der Waals surface area contributed by atoms with E-state index in [0.717, 1.165) is 19.4 Å².